The van der Waals surface area contributed by atoms with Gasteiger partial charge in [0.2, 0.25) is 0 Å². The first kappa shape index (κ1) is 31.0. The molecular formula is C30H51NO4. The average molecular weight is 490 g/mol. The third kappa shape index (κ3) is 15.5. The van der Waals surface area contributed by atoms with Crippen molar-refractivity contribution < 1.29 is 19.4 Å². The maximum absolute atomic E-state index is 11.8. The van der Waals surface area contributed by atoms with Gasteiger partial charge in [0.1, 0.15) is 11.5 Å². The van der Waals surface area contributed by atoms with Crippen molar-refractivity contribution in [3.8, 4) is 11.5 Å². The third-order valence-corrected chi connectivity index (χ3v) is 5.96. The van der Waals surface area contributed by atoms with Crippen molar-refractivity contribution in [2.45, 2.75) is 136 Å². The van der Waals surface area contributed by atoms with Crippen LogP contribution < -0.4 is 9.47 Å². The normalized spacial score (nSPS) is 12.7. The second-order valence-corrected chi connectivity index (χ2v) is 10.6. The molecule has 0 saturated heterocycles. The predicted octanol–water partition coefficient (Wildman–Crippen LogP) is 8.62. The van der Waals surface area contributed by atoms with E-state index in [0.717, 1.165) is 31.2 Å². The molecule has 0 aliphatic rings. The lowest BCUT2D eigenvalue weighted by Gasteiger charge is -2.18. The first-order chi connectivity index (χ1) is 16.8. The number of carboxylic acids is 1. The molecule has 1 aromatic carbocycles. The van der Waals surface area contributed by atoms with Gasteiger partial charge in [-0.05, 0) is 52.2 Å². The molecular weight excluding hydrogens is 438 g/mol. The van der Waals surface area contributed by atoms with Crippen LogP contribution in [0.25, 0.3) is 0 Å². The van der Waals surface area contributed by atoms with Crippen molar-refractivity contribution in [1.82, 2.24) is 0 Å². The molecule has 0 spiro atoms. The minimum absolute atomic E-state index is 0.227. The number of benzene rings is 1. The van der Waals surface area contributed by atoms with E-state index in [4.69, 9.17) is 9.47 Å². The first-order valence-electron chi connectivity index (χ1n) is 14.0. The Labute approximate surface area is 214 Å². The fourth-order valence-electron chi connectivity index (χ4n) is 3.82. The van der Waals surface area contributed by atoms with Crippen LogP contribution in [0.1, 0.15) is 130 Å². The zero-order valence-electron chi connectivity index (χ0n) is 23.1. The standard InChI is InChI=1S/C30H51NO4/c1-6-8-10-11-12-13-14-15-16-18-22-34-26-21-20-25(24-31-30(3,4)5)28(23-26)35-27(29(32)33)19-17-9-7-2/h20-21,23-24,27H,6-19,22H2,1-5H3,(H,32,33). The molecule has 35 heavy (non-hydrogen) atoms. The lowest BCUT2D eigenvalue weighted by Crippen LogP contribution is -2.27. The first-order valence-corrected chi connectivity index (χ1v) is 14.0. The van der Waals surface area contributed by atoms with E-state index in [1.54, 1.807) is 6.21 Å². The molecule has 5 nitrogen and oxygen atoms in total. The van der Waals surface area contributed by atoms with Gasteiger partial charge in [0.25, 0.3) is 0 Å². The maximum Gasteiger partial charge on any atom is 0.344 e. The monoisotopic (exact) mass is 489 g/mol. The Morgan fingerprint density at radius 2 is 1.49 bits per heavy atom. The number of nitrogens with zero attached hydrogens (tertiary/aromatic N) is 1. The summed E-state index contributed by atoms with van der Waals surface area (Å²) in [5.74, 6) is 0.292. The summed E-state index contributed by atoms with van der Waals surface area (Å²) in [6, 6.07) is 5.64. The van der Waals surface area contributed by atoms with Crippen LogP contribution in [0, 0.1) is 0 Å². The van der Waals surface area contributed by atoms with Gasteiger partial charge in [-0.25, -0.2) is 4.79 Å². The van der Waals surface area contributed by atoms with Gasteiger partial charge in [0.05, 0.1) is 12.1 Å². The average Bonchev–Trinajstić information content (AvgIpc) is 2.80. The summed E-state index contributed by atoms with van der Waals surface area (Å²) in [7, 11) is 0. The molecule has 1 atom stereocenters. The van der Waals surface area contributed by atoms with Crippen molar-refractivity contribution in [1.29, 1.82) is 0 Å². The van der Waals surface area contributed by atoms with Gasteiger partial charge in [0.15, 0.2) is 6.10 Å². The van der Waals surface area contributed by atoms with Gasteiger partial charge in [-0.3, -0.25) is 4.99 Å². The molecule has 0 bridgehead atoms. The molecule has 0 heterocycles. The van der Waals surface area contributed by atoms with Crippen molar-refractivity contribution in [3.63, 3.8) is 0 Å². The Morgan fingerprint density at radius 3 is 2.06 bits per heavy atom. The topological polar surface area (TPSA) is 68.1 Å². The number of hydrogen-bond acceptors (Lipinski definition) is 4. The quantitative estimate of drug-likeness (QED) is 0.147. The van der Waals surface area contributed by atoms with E-state index in [0.29, 0.717) is 24.5 Å². The molecule has 1 unspecified atom stereocenters. The fourth-order valence-corrected chi connectivity index (χ4v) is 3.82. The number of hydrogen-bond donors (Lipinski definition) is 1. The predicted molar refractivity (Wildman–Crippen MR) is 147 cm³/mol. The van der Waals surface area contributed by atoms with Crippen LogP contribution in [0.3, 0.4) is 0 Å². The summed E-state index contributed by atoms with van der Waals surface area (Å²) in [4.78, 5) is 16.4. The van der Waals surface area contributed by atoms with Crippen LogP contribution in [0.2, 0.25) is 0 Å². The highest BCUT2D eigenvalue weighted by molar-refractivity contribution is 5.84. The zero-order valence-corrected chi connectivity index (χ0v) is 23.1. The van der Waals surface area contributed by atoms with E-state index in [1.165, 1.54) is 57.8 Å². The second kappa shape index (κ2) is 18.3. The number of aliphatic carboxylic acids is 1. The molecule has 1 aromatic rings. The molecule has 200 valence electrons. The lowest BCUT2D eigenvalue weighted by atomic mass is 10.1. The Balaban J connectivity index is 2.63. The van der Waals surface area contributed by atoms with E-state index in [9.17, 15) is 9.90 Å². The van der Waals surface area contributed by atoms with E-state index < -0.39 is 12.1 Å². The van der Waals surface area contributed by atoms with Crippen molar-refractivity contribution in [3.05, 3.63) is 23.8 Å². The van der Waals surface area contributed by atoms with Crippen molar-refractivity contribution >= 4 is 12.2 Å². The molecule has 0 fully saturated rings. The van der Waals surface area contributed by atoms with Gasteiger partial charge in [-0.2, -0.15) is 0 Å². The Kier molecular flexibility index (Phi) is 16.2. The Bertz CT molecular complexity index is 724. The molecule has 0 aromatic heterocycles. The van der Waals surface area contributed by atoms with Crippen LogP contribution in [0.15, 0.2) is 23.2 Å². The molecule has 0 aliphatic carbocycles. The van der Waals surface area contributed by atoms with Crippen molar-refractivity contribution in [2.75, 3.05) is 6.61 Å². The van der Waals surface area contributed by atoms with Gasteiger partial charge in [-0.15, -0.1) is 0 Å². The maximum atomic E-state index is 11.8. The van der Waals surface area contributed by atoms with Crippen molar-refractivity contribution in [2.24, 2.45) is 4.99 Å². The molecule has 0 aliphatic heterocycles. The third-order valence-electron chi connectivity index (χ3n) is 5.96. The number of carbonyl (C=O) groups is 1. The van der Waals surface area contributed by atoms with Gasteiger partial charge < -0.3 is 14.6 Å². The highest BCUT2D eigenvalue weighted by atomic mass is 16.5. The summed E-state index contributed by atoms with van der Waals surface area (Å²) >= 11 is 0. The molecule has 1 N–H and O–H groups in total. The number of unbranched alkanes of at least 4 members (excludes halogenated alkanes) is 11. The van der Waals surface area contributed by atoms with Gasteiger partial charge >= 0.3 is 5.97 Å². The smallest absolute Gasteiger partial charge is 0.344 e. The number of ether oxygens (including phenoxy) is 2. The summed E-state index contributed by atoms with van der Waals surface area (Å²) in [6.07, 6.45) is 17.1. The highest BCUT2D eigenvalue weighted by Gasteiger charge is 2.21. The highest BCUT2D eigenvalue weighted by Crippen LogP contribution is 2.27. The summed E-state index contributed by atoms with van der Waals surface area (Å²) in [5, 5.41) is 9.68. The minimum Gasteiger partial charge on any atom is -0.493 e. The minimum atomic E-state index is -0.934. The number of rotatable bonds is 20. The van der Waals surface area contributed by atoms with E-state index in [1.807, 2.05) is 39.0 Å². The van der Waals surface area contributed by atoms with E-state index >= 15 is 0 Å². The molecule has 1 rings (SSSR count). The zero-order chi connectivity index (χ0) is 25.9. The van der Waals surface area contributed by atoms with Gasteiger partial charge in [-0.1, -0.05) is 84.5 Å². The Morgan fingerprint density at radius 1 is 0.914 bits per heavy atom. The molecule has 5 heteroatoms. The van der Waals surface area contributed by atoms with Crippen LogP contribution in [-0.4, -0.2) is 35.5 Å². The van der Waals surface area contributed by atoms with Crippen LogP contribution in [0.5, 0.6) is 11.5 Å². The fraction of sp³-hybridized carbons (Fsp3) is 0.733. The summed E-state index contributed by atoms with van der Waals surface area (Å²) in [5.41, 5.74) is 0.544. The number of carboxylic acid groups (broad SMARTS) is 1. The summed E-state index contributed by atoms with van der Waals surface area (Å²) < 4.78 is 12.0. The van der Waals surface area contributed by atoms with Crippen LogP contribution in [-0.2, 0) is 4.79 Å². The van der Waals surface area contributed by atoms with E-state index in [2.05, 4.69) is 18.8 Å². The molecule has 0 radical (unpaired) electrons. The second-order valence-electron chi connectivity index (χ2n) is 10.6. The molecule has 0 amide bonds. The van der Waals surface area contributed by atoms with Crippen LogP contribution in [0.4, 0.5) is 0 Å². The number of aliphatic imine (C=N–C) groups is 1. The Hall–Kier alpha value is -2.04. The van der Waals surface area contributed by atoms with Gasteiger partial charge in [0, 0.05) is 17.8 Å². The largest absolute Gasteiger partial charge is 0.493 e. The van der Waals surface area contributed by atoms with E-state index in [-0.39, 0.29) is 5.54 Å². The lowest BCUT2D eigenvalue weighted by molar-refractivity contribution is -0.145. The summed E-state index contributed by atoms with van der Waals surface area (Å²) in [6.45, 7) is 11.1. The molecule has 0 saturated carbocycles. The SMILES string of the molecule is CCCCCCCCCCCCOc1ccc(C=NC(C)(C)C)c(OC(CCCCC)C(=O)O)c1. The van der Waals surface area contributed by atoms with Crippen LogP contribution >= 0.6 is 0 Å².